The van der Waals surface area contributed by atoms with Crippen molar-refractivity contribution < 1.29 is 56.8 Å². The van der Waals surface area contributed by atoms with Crippen LogP contribution >= 0.6 is 0 Å². The SMILES string of the molecule is C=CCc1ccc(Oc2cccc(Oc3cc4c(cc3Oc3cccc(Oc5ccc(CC=C)cc5OC)c3C#N)C3(CC4(C)C)CC(C)(C)c4cc(Oc5cccc(Oc6ccc(CC=C)cc6OC)c5C#N)c(Oc5cccc(Oc6ccc(CC=C)cc6OC)c5C#N)cc43)c2C#N)c(OC)c1. The van der Waals surface area contributed by atoms with E-state index in [9.17, 15) is 21.0 Å². The van der Waals surface area contributed by atoms with E-state index in [0.29, 0.717) is 84.5 Å². The Labute approximate surface area is 612 Å². The third-order valence-corrected chi connectivity index (χ3v) is 18.7. The van der Waals surface area contributed by atoms with Crippen molar-refractivity contribution in [1.82, 2.24) is 0 Å². The van der Waals surface area contributed by atoms with Crippen molar-refractivity contribution in [3.63, 3.8) is 0 Å². The summed E-state index contributed by atoms with van der Waals surface area (Å²) in [5.74, 6) is 5.50. The first-order valence-electron chi connectivity index (χ1n) is 33.9. The van der Waals surface area contributed by atoms with Gasteiger partial charge in [-0.25, -0.2) is 0 Å². The molecule has 16 nitrogen and oxygen atoms in total. The van der Waals surface area contributed by atoms with E-state index in [1.165, 1.54) is 0 Å². The van der Waals surface area contributed by atoms with Gasteiger partial charge >= 0.3 is 0 Å². The summed E-state index contributed by atoms with van der Waals surface area (Å²) in [4.78, 5) is 0. The number of hydrogen-bond donors (Lipinski definition) is 0. The Hall–Kier alpha value is -13.3. The Morgan fingerprint density at radius 2 is 0.495 bits per heavy atom. The monoisotopic (exact) mass is 1390 g/mol. The molecule has 0 saturated heterocycles. The van der Waals surface area contributed by atoms with Crippen molar-refractivity contribution in [3.05, 3.63) is 287 Å². The Balaban J connectivity index is 1.03. The second-order valence-corrected chi connectivity index (χ2v) is 26.6. The van der Waals surface area contributed by atoms with Crippen LogP contribution < -0.4 is 56.8 Å². The quantitative estimate of drug-likeness (QED) is 0.0418. The largest absolute Gasteiger partial charge is 0.493 e. The Morgan fingerprint density at radius 3 is 0.695 bits per heavy atom. The Kier molecular flexibility index (Phi) is 20.8. The molecule has 0 N–H and O–H groups in total. The zero-order valence-corrected chi connectivity index (χ0v) is 59.7. The zero-order chi connectivity index (χ0) is 74.2. The number of methoxy groups -OCH3 is 4. The van der Waals surface area contributed by atoms with Crippen LogP contribution in [-0.2, 0) is 41.9 Å². The van der Waals surface area contributed by atoms with Gasteiger partial charge in [-0.3, -0.25) is 0 Å². The van der Waals surface area contributed by atoms with Gasteiger partial charge in [-0.05, 0) is 215 Å². The van der Waals surface area contributed by atoms with Gasteiger partial charge in [0.25, 0.3) is 0 Å². The second kappa shape index (κ2) is 30.5. The number of nitrogens with zero attached hydrogens (tertiary/aromatic N) is 4. The van der Waals surface area contributed by atoms with Gasteiger partial charge in [-0.15, -0.1) is 26.3 Å². The molecule has 0 atom stereocenters. The number of hydrogen-bond acceptors (Lipinski definition) is 16. The molecule has 0 aromatic heterocycles. The third-order valence-electron chi connectivity index (χ3n) is 18.7. The highest BCUT2D eigenvalue weighted by Crippen LogP contribution is 2.66. The number of nitriles is 4. The smallest absolute Gasteiger partial charge is 0.170 e. The lowest BCUT2D eigenvalue weighted by Crippen LogP contribution is -2.27. The zero-order valence-electron chi connectivity index (χ0n) is 59.7. The molecule has 1 spiro atoms. The van der Waals surface area contributed by atoms with Crippen LogP contribution in [0.1, 0.15) is 107 Å². The predicted molar refractivity (Wildman–Crippen MR) is 402 cm³/mol. The molecule has 524 valence electrons. The van der Waals surface area contributed by atoms with Crippen LogP contribution in [0.5, 0.6) is 115 Å². The van der Waals surface area contributed by atoms with Crippen LogP contribution in [0.25, 0.3) is 0 Å². The summed E-state index contributed by atoms with van der Waals surface area (Å²) in [6.07, 6.45) is 10.7. The third kappa shape index (κ3) is 14.4. The summed E-state index contributed by atoms with van der Waals surface area (Å²) < 4.78 is 77.5. The molecule has 0 radical (unpaired) electrons. The normalized spacial score (nSPS) is 13.0. The van der Waals surface area contributed by atoms with Gasteiger partial charge in [0.2, 0.25) is 0 Å². The highest BCUT2D eigenvalue weighted by molar-refractivity contribution is 5.70. The number of benzene rings is 10. The highest BCUT2D eigenvalue weighted by atomic mass is 16.6. The number of allylic oxidation sites excluding steroid dienone is 4. The molecule has 12 rings (SSSR count). The maximum absolute atomic E-state index is 11.2. The first-order chi connectivity index (χ1) is 50.9. The molecule has 0 saturated carbocycles. The maximum atomic E-state index is 11.2. The molecule has 10 aromatic carbocycles. The van der Waals surface area contributed by atoms with Crippen LogP contribution in [0.3, 0.4) is 0 Å². The van der Waals surface area contributed by atoms with Crippen molar-refractivity contribution in [2.24, 2.45) is 0 Å². The lowest BCUT2D eigenvalue weighted by atomic mass is 9.72. The number of rotatable bonds is 28. The first-order valence-corrected chi connectivity index (χ1v) is 33.9. The molecular weight excluding hydrogens is 1320 g/mol. The Bertz CT molecular complexity index is 4950. The molecule has 105 heavy (non-hydrogen) atoms. The summed E-state index contributed by atoms with van der Waals surface area (Å²) in [6, 6.07) is 59.8. The van der Waals surface area contributed by atoms with Gasteiger partial charge in [0, 0.05) is 5.41 Å². The molecule has 16 heteroatoms. The van der Waals surface area contributed by atoms with Crippen molar-refractivity contribution in [3.8, 4) is 139 Å². The summed E-state index contributed by atoms with van der Waals surface area (Å²) >= 11 is 0. The van der Waals surface area contributed by atoms with Crippen LogP contribution in [0, 0.1) is 45.3 Å². The molecule has 0 amide bonds. The summed E-state index contributed by atoms with van der Waals surface area (Å²) in [7, 11) is 6.20. The van der Waals surface area contributed by atoms with Gasteiger partial charge in [0.15, 0.2) is 69.0 Å². The molecule has 0 aliphatic heterocycles. The van der Waals surface area contributed by atoms with Gasteiger partial charge in [0.05, 0.1) is 28.4 Å². The summed E-state index contributed by atoms with van der Waals surface area (Å²) in [5, 5.41) is 44.5. The minimum absolute atomic E-state index is 0.0695. The predicted octanol–water partition coefficient (Wildman–Crippen LogP) is 22.1. The minimum atomic E-state index is -0.836. The van der Waals surface area contributed by atoms with Gasteiger partial charge in [-0.1, -0.05) is 101 Å². The van der Waals surface area contributed by atoms with E-state index in [1.54, 1.807) is 150 Å². The Morgan fingerprint density at radius 1 is 0.286 bits per heavy atom. The van der Waals surface area contributed by atoms with Crippen LogP contribution in [-0.4, -0.2) is 28.4 Å². The van der Waals surface area contributed by atoms with Gasteiger partial charge < -0.3 is 56.8 Å². The maximum Gasteiger partial charge on any atom is 0.170 e. The number of fused-ring (bicyclic) bond motifs is 4. The lowest BCUT2D eigenvalue weighted by molar-refractivity contribution is 0.349. The van der Waals surface area contributed by atoms with E-state index < -0.39 is 16.2 Å². The first kappa shape index (κ1) is 71.5. The topological polar surface area (TPSA) is 206 Å². The minimum Gasteiger partial charge on any atom is -0.493 e. The van der Waals surface area contributed by atoms with E-state index in [4.69, 9.17) is 56.8 Å². The fourth-order valence-electron chi connectivity index (χ4n) is 14.1. The van der Waals surface area contributed by atoms with Crippen LogP contribution in [0.4, 0.5) is 0 Å². The summed E-state index contributed by atoms with van der Waals surface area (Å²) in [6.45, 7) is 24.2. The molecular formula is C89H76N4O12. The molecule has 2 aliphatic carbocycles. The average molecular weight is 1390 g/mol. The molecule has 2 aliphatic rings. The number of ether oxygens (including phenoxy) is 12. The highest BCUT2D eigenvalue weighted by Gasteiger charge is 2.57. The summed E-state index contributed by atoms with van der Waals surface area (Å²) in [5.41, 5.74) is 5.66. The van der Waals surface area contributed by atoms with E-state index >= 15 is 0 Å². The fraction of sp³-hybridized carbons (Fsp3) is 0.191. The van der Waals surface area contributed by atoms with Crippen molar-refractivity contribution in [1.29, 1.82) is 21.0 Å². The van der Waals surface area contributed by atoms with E-state index in [-0.39, 0.29) is 91.2 Å². The molecule has 0 heterocycles. The van der Waals surface area contributed by atoms with E-state index in [0.717, 1.165) is 44.5 Å². The van der Waals surface area contributed by atoms with Crippen molar-refractivity contribution in [2.45, 2.75) is 82.5 Å². The standard InChI is InChI=1S/C89H76N4O12/c1-13-21-55-33-37-75(79(41-55)94-9)98-67-25-17-29-71(59(67)49-90)102-83-45-63-65(47-85(83)104-73-31-19-27-69(61(73)51-92)100-77-39-35-57(23-15-3)43-81(77)96-11)89(53-87(63,5)6)54-88(7,8)64-46-84(103-72-30-18-26-68(60(72)50-91)99-76-38-34-56(22-14-2)42-80(76)95-10)86(48-66(64)89)105-74-32-20-28-70(62(74)52-93)101-78-40-36-58(24-16-4)44-82(78)97-12/h13-20,25-48H,1-4,21-24,53-54H2,5-12H3. The molecule has 0 bridgehead atoms. The van der Waals surface area contributed by atoms with Crippen molar-refractivity contribution in [2.75, 3.05) is 28.4 Å². The van der Waals surface area contributed by atoms with Crippen LogP contribution in [0.2, 0.25) is 0 Å². The molecule has 10 aromatic rings. The van der Waals surface area contributed by atoms with E-state index in [2.05, 4.69) is 78.3 Å². The molecule has 0 unspecified atom stereocenters. The molecule has 0 fully saturated rings. The second-order valence-electron chi connectivity index (χ2n) is 26.6. The average Bonchev–Trinajstić information content (AvgIpc) is 1.52. The van der Waals surface area contributed by atoms with E-state index in [1.807, 2.05) is 72.8 Å². The van der Waals surface area contributed by atoms with Crippen molar-refractivity contribution >= 4 is 0 Å². The fourth-order valence-corrected chi connectivity index (χ4v) is 14.1. The lowest BCUT2D eigenvalue weighted by Gasteiger charge is -2.31. The van der Waals surface area contributed by atoms with Gasteiger partial charge in [0.1, 0.15) is 92.5 Å². The van der Waals surface area contributed by atoms with Crippen LogP contribution in [0.15, 0.2) is 220 Å². The van der Waals surface area contributed by atoms with Gasteiger partial charge in [-0.2, -0.15) is 21.0 Å².